The van der Waals surface area contributed by atoms with E-state index in [1.807, 2.05) is 0 Å². The number of aromatic nitrogens is 3. The standard InChI is InChI=1S/C27H25N9O9S2.Na/c28-16-7-17(29)35(10-31-16)5-1-2-12-8-46-24-19(23(40)36(24)20(12)25(41)42)33-22(39)18(13-9-47-27(30)32-13)34-45-21(26(43)44)11-3-4-14(37)15(38)6-11;/h1-4,6-7,9-10,19,21,24,29,37-38H,5,8,28H2,(H2,30,32)(H,33,39)(H,41,42)(H,43,44);/q;+1/p-1/b2-1+,29-17?,34-18+;/t19-,21+,24-;/m1./s1. The largest absolute Gasteiger partial charge is 1.00 e. The number of β-lactam (4-membered cyclic amide) rings is 1. The van der Waals surface area contributed by atoms with E-state index in [-0.39, 0.29) is 80.8 Å². The van der Waals surface area contributed by atoms with Gasteiger partial charge in [0.15, 0.2) is 22.3 Å². The smallest absolute Gasteiger partial charge is 0.543 e. The maximum atomic E-state index is 13.4. The number of aliphatic carboxylic acids is 2. The number of nitrogens with one attached hydrogen (secondary N) is 2. The van der Waals surface area contributed by atoms with Gasteiger partial charge in [0.1, 0.15) is 28.4 Å². The number of thiazole rings is 1. The third kappa shape index (κ3) is 7.47. The van der Waals surface area contributed by atoms with Crippen molar-refractivity contribution in [1.29, 1.82) is 5.41 Å². The number of anilines is 2. The van der Waals surface area contributed by atoms with Crippen molar-refractivity contribution in [2.24, 2.45) is 5.16 Å². The van der Waals surface area contributed by atoms with Crippen molar-refractivity contribution >= 4 is 63.5 Å². The third-order valence-electron chi connectivity index (χ3n) is 6.79. The molecular formula is C27H24N9NaO9S2. The number of aromatic hydroxyl groups is 2. The maximum absolute atomic E-state index is 13.4. The second-order valence-electron chi connectivity index (χ2n) is 9.86. The molecule has 48 heavy (non-hydrogen) atoms. The molecule has 9 N–H and O–H groups in total. The van der Waals surface area contributed by atoms with E-state index in [1.54, 1.807) is 6.08 Å². The molecule has 0 aliphatic carbocycles. The number of carboxylic acid groups (broad SMARTS) is 2. The molecule has 4 heterocycles. The number of phenolic OH excluding ortho intramolecular Hbond substituents is 2. The number of nitrogen functional groups attached to an aromatic ring is 2. The van der Waals surface area contributed by atoms with Gasteiger partial charge in [-0.3, -0.25) is 19.9 Å². The predicted octanol–water partition coefficient (Wildman–Crippen LogP) is -4.39. The molecule has 2 amide bonds. The number of carboxylic acids is 2. The molecule has 1 fully saturated rings. The Labute approximate surface area is 300 Å². The van der Waals surface area contributed by atoms with Gasteiger partial charge >= 0.3 is 35.5 Å². The monoisotopic (exact) mass is 705 g/mol. The molecule has 0 unspecified atom stereocenters. The van der Waals surface area contributed by atoms with Crippen LogP contribution >= 0.6 is 23.1 Å². The molecule has 0 bridgehead atoms. The van der Waals surface area contributed by atoms with Crippen molar-refractivity contribution in [2.45, 2.75) is 24.1 Å². The summed E-state index contributed by atoms with van der Waals surface area (Å²) in [5.41, 5.74) is 10.5. The number of phenols is 2. The Morgan fingerprint density at radius 2 is 2.00 bits per heavy atom. The summed E-state index contributed by atoms with van der Waals surface area (Å²) < 4.78 is 1.46. The first-order chi connectivity index (χ1) is 22.3. The molecule has 1 aromatic carbocycles. The van der Waals surface area contributed by atoms with Crippen LogP contribution in [0.3, 0.4) is 0 Å². The SMILES string of the molecule is N=c1cc(N)ncn1C/C=C/C1=C(C(=O)[O-])N2C(=O)[C@@H](NC(=O)/C(=N/O[C@H](C(=O)O)c3ccc(O)c(O)c3)c3csc(N)n3)[C@H]2SC1.[Na+]. The first-order valence-electron chi connectivity index (χ1n) is 13.3. The fourth-order valence-electron chi connectivity index (χ4n) is 4.54. The van der Waals surface area contributed by atoms with Crippen LogP contribution in [0.2, 0.25) is 0 Å². The molecule has 3 aromatic rings. The van der Waals surface area contributed by atoms with E-state index in [4.69, 9.17) is 21.7 Å². The number of carbonyl (C=O) groups is 4. The van der Waals surface area contributed by atoms with Crippen LogP contribution in [0.5, 0.6) is 11.5 Å². The van der Waals surface area contributed by atoms with Gasteiger partial charge in [0, 0.05) is 29.3 Å². The first kappa shape index (κ1) is 36.0. The molecule has 2 aliphatic heterocycles. The topological polar surface area (TPSA) is 295 Å². The fraction of sp³-hybridized carbons (Fsp3) is 0.185. The van der Waals surface area contributed by atoms with E-state index >= 15 is 0 Å². The Hall–Kier alpha value is -4.89. The predicted molar refractivity (Wildman–Crippen MR) is 163 cm³/mol. The van der Waals surface area contributed by atoms with Crippen LogP contribution in [-0.2, 0) is 30.6 Å². The Bertz CT molecular complexity index is 1940. The molecule has 1 saturated heterocycles. The van der Waals surface area contributed by atoms with Gasteiger partial charge in [0.25, 0.3) is 11.8 Å². The number of nitrogens with zero attached hydrogens (tertiary/aromatic N) is 5. The number of carbonyl (C=O) groups excluding carboxylic acids is 3. The van der Waals surface area contributed by atoms with Crippen LogP contribution in [0.15, 0.2) is 64.6 Å². The number of thioether (sulfide) groups is 1. The van der Waals surface area contributed by atoms with E-state index in [2.05, 4.69) is 20.4 Å². The van der Waals surface area contributed by atoms with Crippen LogP contribution in [0.1, 0.15) is 17.4 Å². The van der Waals surface area contributed by atoms with E-state index in [1.165, 1.54) is 46.2 Å². The number of hydrogen-bond acceptors (Lipinski definition) is 16. The first-order valence-corrected chi connectivity index (χ1v) is 15.2. The number of benzene rings is 1. The summed E-state index contributed by atoms with van der Waals surface area (Å²) in [5, 5.41) is 55.9. The van der Waals surface area contributed by atoms with Crippen molar-refractivity contribution < 1.29 is 74.0 Å². The summed E-state index contributed by atoms with van der Waals surface area (Å²) in [6.07, 6.45) is 2.61. The van der Waals surface area contributed by atoms with Crippen LogP contribution in [0.4, 0.5) is 10.9 Å². The van der Waals surface area contributed by atoms with Gasteiger partial charge in [0.05, 0.1) is 18.0 Å². The minimum atomic E-state index is -1.83. The Morgan fingerprint density at radius 1 is 1.25 bits per heavy atom. The molecule has 2 aliphatic rings. The van der Waals surface area contributed by atoms with Crippen LogP contribution < -0.4 is 56.9 Å². The summed E-state index contributed by atoms with van der Waals surface area (Å²) in [6, 6.07) is 3.29. The molecule has 21 heteroatoms. The van der Waals surface area contributed by atoms with Crippen LogP contribution in [-0.4, -0.2) is 81.4 Å². The van der Waals surface area contributed by atoms with Gasteiger partial charge in [-0.15, -0.1) is 23.1 Å². The summed E-state index contributed by atoms with van der Waals surface area (Å²) in [7, 11) is 0. The Balaban J connectivity index is 0.00000520. The molecule has 0 radical (unpaired) electrons. The number of fused-ring (bicyclic) bond motifs is 1. The van der Waals surface area contributed by atoms with E-state index in [0.29, 0.717) is 0 Å². The number of hydrogen-bond donors (Lipinski definition) is 7. The zero-order valence-electron chi connectivity index (χ0n) is 24.8. The molecule has 18 nitrogen and oxygen atoms in total. The van der Waals surface area contributed by atoms with Crippen molar-refractivity contribution in [2.75, 3.05) is 17.2 Å². The van der Waals surface area contributed by atoms with Gasteiger partial charge < -0.3 is 51.4 Å². The second-order valence-corrected chi connectivity index (χ2v) is 11.9. The maximum Gasteiger partial charge on any atom is 1.00 e. The number of allylic oxidation sites excluding steroid dienone is 2. The van der Waals surface area contributed by atoms with Gasteiger partial charge in [0.2, 0.25) is 6.10 Å². The molecule has 0 spiro atoms. The van der Waals surface area contributed by atoms with Crippen LogP contribution in [0.25, 0.3) is 0 Å². The van der Waals surface area contributed by atoms with Crippen molar-refractivity contribution in [3.63, 3.8) is 0 Å². The minimum absolute atomic E-state index is 0. The molecule has 5 rings (SSSR count). The van der Waals surface area contributed by atoms with Gasteiger partial charge in [-0.25, -0.2) is 14.8 Å². The summed E-state index contributed by atoms with van der Waals surface area (Å²) in [6.45, 7) is 0.165. The molecule has 3 atom stereocenters. The molecule has 244 valence electrons. The quantitative estimate of drug-likeness (QED) is 0.0326. The average Bonchev–Trinajstić information content (AvgIpc) is 3.45. The zero-order valence-corrected chi connectivity index (χ0v) is 28.4. The van der Waals surface area contributed by atoms with E-state index in [0.717, 1.165) is 28.4 Å². The molecule has 0 saturated carbocycles. The minimum Gasteiger partial charge on any atom is -0.543 e. The average molecular weight is 706 g/mol. The van der Waals surface area contributed by atoms with Gasteiger partial charge in [-0.1, -0.05) is 23.4 Å². The second kappa shape index (κ2) is 14.9. The molecule has 2 aromatic heterocycles. The van der Waals surface area contributed by atoms with E-state index < -0.39 is 58.5 Å². The summed E-state index contributed by atoms with van der Waals surface area (Å²) >= 11 is 2.12. The number of nitrogens with two attached hydrogens (primary N) is 2. The van der Waals surface area contributed by atoms with Gasteiger partial charge in [-0.05, 0) is 17.7 Å². The summed E-state index contributed by atoms with van der Waals surface area (Å²) in [4.78, 5) is 64.7. The normalized spacial score (nSPS) is 18.0. The van der Waals surface area contributed by atoms with Crippen LogP contribution in [0, 0.1) is 5.41 Å². The zero-order chi connectivity index (χ0) is 34.0. The number of oxime groups is 1. The summed E-state index contributed by atoms with van der Waals surface area (Å²) in [5.74, 6) is -5.73. The van der Waals surface area contributed by atoms with Crippen molar-refractivity contribution in [3.8, 4) is 11.5 Å². The number of rotatable bonds is 11. The van der Waals surface area contributed by atoms with Crippen molar-refractivity contribution in [1.82, 2.24) is 24.8 Å². The van der Waals surface area contributed by atoms with E-state index in [9.17, 15) is 39.6 Å². The number of amides is 2. The van der Waals surface area contributed by atoms with Crippen molar-refractivity contribution in [3.05, 3.63) is 76.1 Å². The Morgan fingerprint density at radius 3 is 2.62 bits per heavy atom. The molecular weight excluding hydrogens is 681 g/mol. The fourth-order valence-corrected chi connectivity index (χ4v) is 6.41. The van der Waals surface area contributed by atoms with Gasteiger partial charge in [-0.2, -0.15) is 0 Å². The third-order valence-corrected chi connectivity index (χ3v) is 8.77. The Kier molecular flexibility index (Phi) is 11.2.